The molecule has 2 aromatic rings. The smallest absolute Gasteiger partial charge is 0.268 e. The molecule has 0 aromatic heterocycles. The van der Waals surface area contributed by atoms with Crippen LogP contribution in [0.4, 0.5) is 5.69 Å². The van der Waals surface area contributed by atoms with Crippen LogP contribution >= 0.6 is 0 Å². The van der Waals surface area contributed by atoms with Crippen LogP contribution in [0.15, 0.2) is 48.5 Å². The van der Waals surface area contributed by atoms with Crippen LogP contribution in [-0.2, 0) is 9.59 Å². The van der Waals surface area contributed by atoms with Crippen LogP contribution < -0.4 is 21.4 Å². The molecule has 2 aromatic carbocycles. The number of carbonyl (C=O) groups excluding carboxylic acids is 3. The predicted molar refractivity (Wildman–Crippen MR) is 133 cm³/mol. The summed E-state index contributed by atoms with van der Waals surface area (Å²) < 4.78 is 0. The van der Waals surface area contributed by atoms with Crippen LogP contribution in [0, 0.1) is 5.92 Å². The summed E-state index contributed by atoms with van der Waals surface area (Å²) in [4.78, 5) is 36.3. The van der Waals surface area contributed by atoms with Crippen molar-refractivity contribution in [3.05, 3.63) is 54.1 Å². The highest BCUT2D eigenvalue weighted by Crippen LogP contribution is 2.24. The zero-order valence-electron chi connectivity index (χ0n) is 20.1. The van der Waals surface area contributed by atoms with Crippen molar-refractivity contribution in [3.63, 3.8) is 0 Å². The second-order valence-electron chi connectivity index (χ2n) is 9.21. The fraction of sp³-hybridized carbons (Fsp3) is 0.423. The maximum Gasteiger partial charge on any atom is 0.268 e. The van der Waals surface area contributed by atoms with Gasteiger partial charge in [0.25, 0.3) is 11.8 Å². The van der Waals surface area contributed by atoms with E-state index in [1.807, 2.05) is 24.3 Å². The minimum atomic E-state index is -1.28. The summed E-state index contributed by atoms with van der Waals surface area (Å²) in [5.74, 6) is -0.759. The molecule has 9 heteroatoms. The summed E-state index contributed by atoms with van der Waals surface area (Å²) in [5.41, 5.74) is 4.22. The first-order valence-corrected chi connectivity index (χ1v) is 11.9. The number of benzene rings is 2. The lowest BCUT2D eigenvalue weighted by Gasteiger charge is -2.26. The van der Waals surface area contributed by atoms with Gasteiger partial charge in [0.1, 0.15) is 6.04 Å². The molecule has 6 N–H and O–H groups in total. The summed E-state index contributed by atoms with van der Waals surface area (Å²) in [6.45, 7) is 3.90. The van der Waals surface area contributed by atoms with Gasteiger partial charge in [-0.05, 0) is 73.9 Å². The molecule has 1 saturated carbocycles. The predicted octanol–water partition coefficient (Wildman–Crippen LogP) is 2.45. The molecule has 0 radical (unpaired) electrons. The van der Waals surface area contributed by atoms with Crippen molar-refractivity contribution < 1.29 is 24.7 Å². The zero-order chi connectivity index (χ0) is 25.4. The lowest BCUT2D eigenvalue weighted by atomic mass is 9.87. The largest absolute Gasteiger partial charge is 0.391 e. The van der Waals surface area contributed by atoms with E-state index in [2.05, 4.69) is 22.9 Å². The molecule has 3 rings (SSSR count). The second-order valence-corrected chi connectivity index (χ2v) is 9.21. The first-order valence-electron chi connectivity index (χ1n) is 11.9. The Morgan fingerprint density at radius 3 is 2.06 bits per heavy atom. The molecule has 1 aliphatic carbocycles. The van der Waals surface area contributed by atoms with Gasteiger partial charge in [-0.25, -0.2) is 5.48 Å². The third-order valence-electron chi connectivity index (χ3n) is 6.38. The Bertz CT molecular complexity index is 999. The fourth-order valence-corrected chi connectivity index (χ4v) is 4.17. The minimum absolute atomic E-state index is 0.0721. The van der Waals surface area contributed by atoms with Crippen LogP contribution in [-0.4, -0.2) is 52.8 Å². The maximum atomic E-state index is 12.4. The molecule has 9 nitrogen and oxygen atoms in total. The Hall–Kier alpha value is -3.27. The van der Waals surface area contributed by atoms with Gasteiger partial charge >= 0.3 is 0 Å². The van der Waals surface area contributed by atoms with Gasteiger partial charge in [-0.2, -0.15) is 0 Å². The summed E-state index contributed by atoms with van der Waals surface area (Å²) in [6.07, 6.45) is 3.45. The average Bonchev–Trinajstić information content (AvgIpc) is 2.86. The Morgan fingerprint density at radius 1 is 0.943 bits per heavy atom. The van der Waals surface area contributed by atoms with Crippen molar-refractivity contribution in [1.29, 1.82) is 0 Å². The molecule has 1 fully saturated rings. The van der Waals surface area contributed by atoms with Gasteiger partial charge < -0.3 is 21.1 Å². The fourth-order valence-electron chi connectivity index (χ4n) is 4.17. The van der Waals surface area contributed by atoms with E-state index < -0.39 is 24.0 Å². The number of anilines is 1. The van der Waals surface area contributed by atoms with E-state index in [0.717, 1.165) is 29.9 Å². The molecule has 0 heterocycles. The number of nitrogens with one attached hydrogen (secondary N) is 4. The standard InChI is InChI=1S/C26H34N4O5/c1-16-3-11-21(12-4-16)27-15-23(32)28-22-13-9-19(10-14-22)18-5-7-20(8-6-18)25(33)29-24(17(2)31)26(34)30-35/h5-10,13-14,16-17,21,24,27,31,35H,3-4,11-12,15H2,1-2H3,(H,28,32)(H,29,33)(H,30,34)/t16?,17-,21?,24+/m1/s1. The summed E-state index contributed by atoms with van der Waals surface area (Å²) >= 11 is 0. The van der Waals surface area contributed by atoms with Crippen LogP contribution in [0.25, 0.3) is 11.1 Å². The lowest BCUT2D eigenvalue weighted by Crippen LogP contribution is -2.51. The Balaban J connectivity index is 1.53. The van der Waals surface area contributed by atoms with Crippen molar-refractivity contribution in [2.24, 2.45) is 5.92 Å². The highest BCUT2D eigenvalue weighted by Gasteiger charge is 2.25. The zero-order valence-corrected chi connectivity index (χ0v) is 20.1. The molecule has 0 unspecified atom stereocenters. The Labute approximate surface area is 205 Å². The van der Waals surface area contributed by atoms with Crippen molar-refractivity contribution >= 4 is 23.4 Å². The number of rotatable bonds is 9. The van der Waals surface area contributed by atoms with E-state index in [0.29, 0.717) is 23.8 Å². The van der Waals surface area contributed by atoms with Crippen molar-refractivity contribution in [2.45, 2.75) is 57.7 Å². The SMILES string of the molecule is CC1CCC(NCC(=O)Nc2ccc(-c3ccc(C(=O)N[C@H](C(=O)NO)[C@@H](C)O)cc3)cc2)CC1. The number of hydrogen-bond donors (Lipinski definition) is 6. The van der Waals surface area contributed by atoms with Gasteiger partial charge in [0.05, 0.1) is 12.6 Å². The average molecular weight is 483 g/mol. The van der Waals surface area contributed by atoms with Gasteiger partial charge in [0.15, 0.2) is 0 Å². The van der Waals surface area contributed by atoms with E-state index in [4.69, 9.17) is 5.21 Å². The minimum Gasteiger partial charge on any atom is -0.391 e. The first-order chi connectivity index (χ1) is 16.8. The third-order valence-corrected chi connectivity index (χ3v) is 6.38. The van der Waals surface area contributed by atoms with Gasteiger partial charge in [-0.1, -0.05) is 31.2 Å². The normalized spacial score (nSPS) is 19.3. The Morgan fingerprint density at radius 2 is 1.51 bits per heavy atom. The lowest BCUT2D eigenvalue weighted by molar-refractivity contribution is -0.133. The van der Waals surface area contributed by atoms with E-state index in [9.17, 15) is 19.5 Å². The summed E-state index contributed by atoms with van der Waals surface area (Å²) in [7, 11) is 0. The topological polar surface area (TPSA) is 140 Å². The molecule has 1 aliphatic rings. The van der Waals surface area contributed by atoms with Gasteiger partial charge in [0.2, 0.25) is 5.91 Å². The first kappa shape index (κ1) is 26.3. The maximum absolute atomic E-state index is 12.4. The molecule has 3 amide bonds. The van der Waals surface area contributed by atoms with E-state index in [1.165, 1.54) is 25.2 Å². The third kappa shape index (κ3) is 7.61. The second kappa shape index (κ2) is 12.4. The Kier molecular flexibility index (Phi) is 9.36. The van der Waals surface area contributed by atoms with Crippen LogP contribution in [0.1, 0.15) is 49.9 Å². The molecule has 35 heavy (non-hydrogen) atoms. The van der Waals surface area contributed by atoms with Crippen LogP contribution in [0.5, 0.6) is 0 Å². The molecular formula is C26H34N4O5. The molecule has 0 spiro atoms. The van der Waals surface area contributed by atoms with Crippen LogP contribution in [0.3, 0.4) is 0 Å². The molecular weight excluding hydrogens is 448 g/mol. The molecule has 188 valence electrons. The number of hydroxylamine groups is 1. The number of amides is 3. The van der Waals surface area contributed by atoms with Crippen molar-refractivity contribution in [1.82, 2.24) is 16.1 Å². The molecule has 0 bridgehead atoms. The van der Waals surface area contributed by atoms with Crippen molar-refractivity contribution in [2.75, 3.05) is 11.9 Å². The van der Waals surface area contributed by atoms with Gasteiger partial charge in [-0.3, -0.25) is 19.6 Å². The van der Waals surface area contributed by atoms with Gasteiger partial charge in [-0.15, -0.1) is 0 Å². The number of aliphatic hydroxyl groups excluding tert-OH is 1. The summed E-state index contributed by atoms with van der Waals surface area (Å²) in [6, 6.07) is 13.3. The van der Waals surface area contributed by atoms with Crippen molar-refractivity contribution in [3.8, 4) is 11.1 Å². The van der Waals surface area contributed by atoms with E-state index in [-0.39, 0.29) is 5.91 Å². The summed E-state index contributed by atoms with van der Waals surface area (Å²) in [5, 5.41) is 27.1. The number of hydrogen-bond acceptors (Lipinski definition) is 6. The molecule has 2 atom stereocenters. The number of carbonyl (C=O) groups is 3. The highest BCUT2D eigenvalue weighted by atomic mass is 16.5. The van der Waals surface area contributed by atoms with E-state index in [1.54, 1.807) is 24.3 Å². The van der Waals surface area contributed by atoms with Crippen LogP contribution in [0.2, 0.25) is 0 Å². The van der Waals surface area contributed by atoms with Gasteiger partial charge in [0, 0.05) is 17.3 Å². The number of aliphatic hydroxyl groups is 1. The monoisotopic (exact) mass is 482 g/mol. The highest BCUT2D eigenvalue weighted by molar-refractivity contribution is 5.98. The molecule has 0 saturated heterocycles. The quantitative estimate of drug-likeness (QED) is 0.240. The molecule has 0 aliphatic heterocycles. The van der Waals surface area contributed by atoms with E-state index >= 15 is 0 Å².